The number of carboxylic acids is 1. The topological polar surface area (TPSA) is 83.5 Å². The number of sulfonamides is 1. The van der Waals surface area contributed by atoms with Gasteiger partial charge in [-0.1, -0.05) is 0 Å². The summed E-state index contributed by atoms with van der Waals surface area (Å²) in [6.45, 7) is -1.56. The largest absolute Gasteiger partial charge is 0.480 e. The minimum atomic E-state index is -6.31. The fourth-order valence-electron chi connectivity index (χ4n) is 0.400. The molecule has 0 atom stereocenters. The SMILES string of the molecule is O=C(O)CNS(=O)(=O)C(F)(F)C(F)(F)F. The molecule has 5 nitrogen and oxygen atoms in total. The van der Waals surface area contributed by atoms with Crippen molar-refractivity contribution >= 4 is 16.0 Å². The van der Waals surface area contributed by atoms with E-state index in [4.69, 9.17) is 5.11 Å². The first kappa shape index (κ1) is 14.0. The number of rotatable bonds is 4. The fourth-order valence-corrected chi connectivity index (χ4v) is 1.20. The van der Waals surface area contributed by atoms with E-state index in [2.05, 4.69) is 0 Å². The predicted molar refractivity (Wildman–Crippen MR) is 35.6 cm³/mol. The molecule has 0 saturated heterocycles. The molecule has 0 heterocycles. The second-order valence-electron chi connectivity index (χ2n) is 2.23. The Balaban J connectivity index is 4.96. The van der Waals surface area contributed by atoms with Gasteiger partial charge in [0.25, 0.3) is 10.0 Å². The Morgan fingerprint density at radius 3 is 1.87 bits per heavy atom. The summed E-state index contributed by atoms with van der Waals surface area (Å²) in [6.07, 6.45) is -6.31. The van der Waals surface area contributed by atoms with Crippen LogP contribution in [0.15, 0.2) is 0 Å². The summed E-state index contributed by atoms with van der Waals surface area (Å²) in [5, 5.41) is 1.86. The minimum Gasteiger partial charge on any atom is -0.480 e. The lowest BCUT2D eigenvalue weighted by molar-refractivity contribution is -0.241. The fraction of sp³-hybridized carbons (Fsp3) is 0.750. The number of aliphatic carboxylic acids is 1. The van der Waals surface area contributed by atoms with Gasteiger partial charge in [0.15, 0.2) is 0 Å². The third-order valence-electron chi connectivity index (χ3n) is 1.08. The van der Waals surface area contributed by atoms with E-state index < -0.39 is 34.0 Å². The standard InChI is InChI=1S/C4H4F5NO4S/c5-3(6,7)4(8,9)15(13,14)10-1-2(11)12/h10H,1H2,(H,11,12). The number of halogens is 5. The summed E-state index contributed by atoms with van der Waals surface area (Å²) >= 11 is 0. The molecular weight excluding hydrogens is 253 g/mol. The van der Waals surface area contributed by atoms with Crippen molar-refractivity contribution in [3.05, 3.63) is 0 Å². The van der Waals surface area contributed by atoms with E-state index in [9.17, 15) is 35.2 Å². The zero-order chi connectivity index (χ0) is 12.5. The van der Waals surface area contributed by atoms with E-state index in [1.807, 2.05) is 0 Å². The minimum absolute atomic E-state index is 0.608. The molecule has 0 fully saturated rings. The molecular formula is C4H4F5NO4S. The highest BCUT2D eigenvalue weighted by atomic mass is 32.2. The molecule has 2 N–H and O–H groups in total. The number of hydrogen-bond donors (Lipinski definition) is 2. The van der Waals surface area contributed by atoms with Crippen LogP contribution in [-0.2, 0) is 14.8 Å². The van der Waals surface area contributed by atoms with E-state index in [0.29, 0.717) is 4.72 Å². The maximum Gasteiger partial charge on any atom is 0.470 e. The maximum atomic E-state index is 12.2. The van der Waals surface area contributed by atoms with Crippen molar-refractivity contribution in [2.45, 2.75) is 11.4 Å². The first-order chi connectivity index (χ1) is 6.42. The summed E-state index contributed by atoms with van der Waals surface area (Å²) in [6, 6.07) is 0. The normalized spacial score (nSPS) is 13.9. The average molecular weight is 257 g/mol. The van der Waals surface area contributed by atoms with Gasteiger partial charge < -0.3 is 5.11 Å². The van der Waals surface area contributed by atoms with Crippen LogP contribution in [0.3, 0.4) is 0 Å². The van der Waals surface area contributed by atoms with Crippen molar-refractivity contribution in [1.82, 2.24) is 4.72 Å². The van der Waals surface area contributed by atoms with Gasteiger partial charge in [-0.15, -0.1) is 0 Å². The monoisotopic (exact) mass is 257 g/mol. The van der Waals surface area contributed by atoms with Crippen LogP contribution < -0.4 is 4.72 Å². The van der Waals surface area contributed by atoms with Gasteiger partial charge >= 0.3 is 17.4 Å². The molecule has 0 aromatic rings. The molecule has 0 aromatic heterocycles. The zero-order valence-electron chi connectivity index (χ0n) is 6.68. The van der Waals surface area contributed by atoms with E-state index in [-0.39, 0.29) is 0 Å². The molecule has 11 heteroatoms. The lowest BCUT2D eigenvalue weighted by atomic mass is 10.7. The number of carbonyl (C=O) groups is 1. The summed E-state index contributed by atoms with van der Waals surface area (Å²) in [5.74, 6) is -1.89. The highest BCUT2D eigenvalue weighted by Crippen LogP contribution is 2.39. The van der Waals surface area contributed by atoms with Crippen LogP contribution >= 0.6 is 0 Å². The van der Waals surface area contributed by atoms with Crippen LogP contribution in [0, 0.1) is 0 Å². The third-order valence-corrected chi connectivity index (χ3v) is 2.51. The van der Waals surface area contributed by atoms with Gasteiger partial charge in [0.05, 0.1) is 0 Å². The predicted octanol–water partition coefficient (Wildman–Crippen LogP) is 0.146. The van der Waals surface area contributed by atoms with Gasteiger partial charge in [-0.2, -0.15) is 26.7 Å². The molecule has 0 bridgehead atoms. The number of nitrogens with one attached hydrogen (secondary N) is 1. The Labute approximate surface area is 79.9 Å². The van der Waals surface area contributed by atoms with Crippen molar-refractivity contribution in [2.24, 2.45) is 0 Å². The third kappa shape index (κ3) is 2.99. The van der Waals surface area contributed by atoms with Crippen LogP contribution in [0.2, 0.25) is 0 Å². The van der Waals surface area contributed by atoms with Gasteiger partial charge in [-0.05, 0) is 0 Å². The Bertz CT molecular complexity index is 347. The molecule has 0 saturated carbocycles. The van der Waals surface area contributed by atoms with E-state index in [0.717, 1.165) is 0 Å². The van der Waals surface area contributed by atoms with E-state index >= 15 is 0 Å². The molecule has 0 aliphatic rings. The molecule has 90 valence electrons. The summed E-state index contributed by atoms with van der Waals surface area (Å²) in [4.78, 5) is 9.77. The molecule has 0 aliphatic carbocycles. The summed E-state index contributed by atoms with van der Waals surface area (Å²) < 4.78 is 80.3. The number of alkyl halides is 5. The van der Waals surface area contributed by atoms with Gasteiger partial charge in [-0.3, -0.25) is 4.79 Å². The van der Waals surface area contributed by atoms with Gasteiger partial charge in [0.2, 0.25) is 0 Å². The Morgan fingerprint density at radius 1 is 1.20 bits per heavy atom. The Kier molecular flexibility index (Phi) is 3.63. The van der Waals surface area contributed by atoms with E-state index in [1.54, 1.807) is 0 Å². The quantitative estimate of drug-likeness (QED) is 0.702. The van der Waals surface area contributed by atoms with Crippen molar-refractivity contribution in [3.63, 3.8) is 0 Å². The van der Waals surface area contributed by atoms with Crippen molar-refractivity contribution in [1.29, 1.82) is 0 Å². The van der Waals surface area contributed by atoms with Gasteiger partial charge in [0.1, 0.15) is 6.54 Å². The van der Waals surface area contributed by atoms with Crippen molar-refractivity contribution in [2.75, 3.05) is 6.54 Å². The molecule has 0 amide bonds. The lowest BCUT2D eigenvalue weighted by Crippen LogP contribution is -2.50. The second kappa shape index (κ2) is 3.89. The van der Waals surface area contributed by atoms with Crippen molar-refractivity contribution < 1.29 is 40.3 Å². The first-order valence-electron chi connectivity index (χ1n) is 3.07. The van der Waals surface area contributed by atoms with Crippen LogP contribution in [0.4, 0.5) is 22.0 Å². The van der Waals surface area contributed by atoms with Crippen LogP contribution in [0.5, 0.6) is 0 Å². The maximum absolute atomic E-state index is 12.2. The molecule has 15 heavy (non-hydrogen) atoms. The molecule has 0 aromatic carbocycles. The summed E-state index contributed by atoms with van der Waals surface area (Å²) in [7, 11) is -6.10. The smallest absolute Gasteiger partial charge is 0.470 e. The van der Waals surface area contributed by atoms with E-state index in [1.165, 1.54) is 0 Å². The summed E-state index contributed by atoms with van der Waals surface area (Å²) in [5.41, 5.74) is 0. The molecule has 0 aliphatic heterocycles. The number of hydrogen-bond acceptors (Lipinski definition) is 3. The Hall–Kier alpha value is -0.970. The first-order valence-corrected chi connectivity index (χ1v) is 4.55. The van der Waals surface area contributed by atoms with Crippen LogP contribution in [0.25, 0.3) is 0 Å². The van der Waals surface area contributed by atoms with Gasteiger partial charge in [-0.25, -0.2) is 8.42 Å². The number of carboxylic acid groups (broad SMARTS) is 1. The molecule has 0 spiro atoms. The highest BCUT2D eigenvalue weighted by molar-refractivity contribution is 7.90. The van der Waals surface area contributed by atoms with Crippen LogP contribution in [-0.4, -0.2) is 37.5 Å². The molecule has 0 unspecified atom stereocenters. The highest BCUT2D eigenvalue weighted by Gasteiger charge is 2.67. The van der Waals surface area contributed by atoms with Crippen molar-refractivity contribution in [3.8, 4) is 0 Å². The Morgan fingerprint density at radius 2 is 1.60 bits per heavy atom. The van der Waals surface area contributed by atoms with Gasteiger partial charge in [0, 0.05) is 0 Å². The molecule has 0 radical (unpaired) electrons. The zero-order valence-corrected chi connectivity index (χ0v) is 7.49. The lowest BCUT2D eigenvalue weighted by Gasteiger charge is -2.19. The second-order valence-corrected chi connectivity index (χ2v) is 4.04. The molecule has 0 rings (SSSR count). The average Bonchev–Trinajstić information content (AvgIpc) is 1.98. The van der Waals surface area contributed by atoms with Crippen LogP contribution in [0.1, 0.15) is 0 Å².